The molecule has 0 N–H and O–H groups in total. The van der Waals surface area contributed by atoms with Crippen LogP contribution >= 0.6 is 15.9 Å². The first-order valence-corrected chi connectivity index (χ1v) is 4.18. The topological polar surface area (TPSA) is 43.1 Å². The highest BCUT2D eigenvalue weighted by molar-refractivity contribution is 9.10. The van der Waals surface area contributed by atoms with Crippen LogP contribution in [0.4, 0.5) is 0 Å². The summed E-state index contributed by atoms with van der Waals surface area (Å²) in [5, 5.41) is 3.62. The minimum Gasteiger partial charge on any atom is -0.359 e. The van der Waals surface area contributed by atoms with Gasteiger partial charge >= 0.3 is 0 Å². The van der Waals surface area contributed by atoms with Crippen LogP contribution in [0.3, 0.4) is 0 Å². The van der Waals surface area contributed by atoms with E-state index in [1.54, 1.807) is 0 Å². The number of aryl methyl sites for hydroxylation is 1. The number of aromatic nitrogens is 1. The van der Waals surface area contributed by atoms with Crippen LogP contribution in [0, 0.1) is 0 Å². The SMILES string of the molecule is CCCc1onc(Br)c1C=O. The molecule has 0 bridgehead atoms. The van der Waals surface area contributed by atoms with Gasteiger partial charge in [0.05, 0.1) is 5.56 Å². The third-order valence-electron chi connectivity index (χ3n) is 1.35. The number of aldehydes is 1. The van der Waals surface area contributed by atoms with Crippen LogP contribution in [-0.2, 0) is 6.42 Å². The maximum atomic E-state index is 10.5. The summed E-state index contributed by atoms with van der Waals surface area (Å²) in [6, 6.07) is 0. The Morgan fingerprint density at radius 1 is 1.73 bits per heavy atom. The fraction of sp³-hybridized carbons (Fsp3) is 0.429. The Morgan fingerprint density at radius 2 is 2.45 bits per heavy atom. The van der Waals surface area contributed by atoms with E-state index in [0.717, 1.165) is 19.1 Å². The maximum Gasteiger partial charge on any atom is 0.160 e. The highest BCUT2D eigenvalue weighted by atomic mass is 79.9. The summed E-state index contributed by atoms with van der Waals surface area (Å²) in [6.07, 6.45) is 2.46. The molecular weight excluding hydrogens is 210 g/mol. The lowest BCUT2D eigenvalue weighted by atomic mass is 10.2. The first-order valence-electron chi connectivity index (χ1n) is 3.38. The number of carbonyl (C=O) groups is 1. The predicted octanol–water partition coefficient (Wildman–Crippen LogP) is 2.20. The molecule has 11 heavy (non-hydrogen) atoms. The average molecular weight is 218 g/mol. The van der Waals surface area contributed by atoms with Gasteiger partial charge in [-0.15, -0.1) is 0 Å². The molecule has 0 saturated heterocycles. The fourth-order valence-corrected chi connectivity index (χ4v) is 1.22. The lowest BCUT2D eigenvalue weighted by Gasteiger charge is -1.88. The summed E-state index contributed by atoms with van der Waals surface area (Å²) < 4.78 is 5.39. The van der Waals surface area contributed by atoms with Crippen molar-refractivity contribution in [3.05, 3.63) is 15.9 Å². The minimum absolute atomic E-state index is 0.496. The molecule has 0 unspecified atom stereocenters. The maximum absolute atomic E-state index is 10.5. The molecule has 0 aliphatic carbocycles. The Balaban J connectivity index is 2.95. The third-order valence-corrected chi connectivity index (χ3v) is 1.93. The van der Waals surface area contributed by atoms with Crippen molar-refractivity contribution < 1.29 is 9.32 Å². The largest absolute Gasteiger partial charge is 0.359 e. The van der Waals surface area contributed by atoms with Crippen molar-refractivity contribution in [2.45, 2.75) is 19.8 Å². The smallest absolute Gasteiger partial charge is 0.160 e. The molecule has 1 rings (SSSR count). The highest BCUT2D eigenvalue weighted by Crippen LogP contribution is 2.18. The molecule has 0 fully saturated rings. The van der Waals surface area contributed by atoms with E-state index >= 15 is 0 Å². The van der Waals surface area contributed by atoms with Crippen LogP contribution in [0.5, 0.6) is 0 Å². The van der Waals surface area contributed by atoms with E-state index in [1.807, 2.05) is 6.92 Å². The molecule has 3 nitrogen and oxygen atoms in total. The van der Waals surface area contributed by atoms with Crippen molar-refractivity contribution in [1.29, 1.82) is 0 Å². The first kappa shape index (κ1) is 8.46. The lowest BCUT2D eigenvalue weighted by Crippen LogP contribution is -1.86. The van der Waals surface area contributed by atoms with Gasteiger partial charge in [-0.3, -0.25) is 4.79 Å². The third kappa shape index (κ3) is 1.68. The summed E-state index contributed by atoms with van der Waals surface area (Å²) in [6.45, 7) is 2.02. The highest BCUT2D eigenvalue weighted by Gasteiger charge is 2.11. The van der Waals surface area contributed by atoms with Crippen molar-refractivity contribution in [3.63, 3.8) is 0 Å². The molecule has 60 valence electrons. The molecule has 0 aliphatic rings. The molecule has 0 saturated carbocycles. The van der Waals surface area contributed by atoms with Gasteiger partial charge in [0.25, 0.3) is 0 Å². The minimum atomic E-state index is 0.496. The molecule has 0 atom stereocenters. The van der Waals surface area contributed by atoms with Gasteiger partial charge in [0.2, 0.25) is 0 Å². The summed E-state index contributed by atoms with van der Waals surface area (Å²) in [7, 11) is 0. The molecule has 1 heterocycles. The second-order valence-electron chi connectivity index (χ2n) is 2.18. The molecule has 1 aromatic heterocycles. The van der Waals surface area contributed by atoms with Crippen LogP contribution in [0.2, 0.25) is 0 Å². The van der Waals surface area contributed by atoms with Gasteiger partial charge in [-0.05, 0) is 22.4 Å². The van der Waals surface area contributed by atoms with E-state index in [0.29, 0.717) is 15.9 Å². The fourth-order valence-electron chi connectivity index (χ4n) is 0.830. The van der Waals surface area contributed by atoms with E-state index in [4.69, 9.17) is 4.52 Å². The molecule has 4 heteroatoms. The summed E-state index contributed by atoms with van der Waals surface area (Å²) in [5.41, 5.74) is 0.534. The average Bonchev–Trinajstić information content (AvgIpc) is 2.33. The molecule has 1 aromatic rings. The van der Waals surface area contributed by atoms with Crippen LogP contribution in [0.25, 0.3) is 0 Å². The molecule has 0 aromatic carbocycles. The number of carbonyl (C=O) groups excluding carboxylic acids is 1. The van der Waals surface area contributed by atoms with Gasteiger partial charge in [-0.1, -0.05) is 12.1 Å². The molecule has 0 spiro atoms. The van der Waals surface area contributed by atoms with Crippen LogP contribution < -0.4 is 0 Å². The van der Waals surface area contributed by atoms with E-state index in [-0.39, 0.29) is 0 Å². The van der Waals surface area contributed by atoms with Crippen LogP contribution in [0.1, 0.15) is 29.5 Å². The second-order valence-corrected chi connectivity index (χ2v) is 2.93. The van der Waals surface area contributed by atoms with Crippen molar-refractivity contribution >= 4 is 22.2 Å². The molecule has 0 amide bonds. The Kier molecular flexibility index (Phi) is 2.82. The standard InChI is InChI=1S/C7H8BrNO2/c1-2-3-6-5(4-10)7(8)9-11-6/h4H,2-3H2,1H3. The summed E-state index contributed by atoms with van der Waals surface area (Å²) in [4.78, 5) is 10.5. The number of rotatable bonds is 3. The molecule has 0 radical (unpaired) electrons. The van der Waals surface area contributed by atoms with Crippen molar-refractivity contribution in [3.8, 4) is 0 Å². The van der Waals surface area contributed by atoms with Gasteiger partial charge in [-0.2, -0.15) is 0 Å². The zero-order chi connectivity index (χ0) is 8.27. The summed E-state index contributed by atoms with van der Waals surface area (Å²) >= 11 is 3.11. The number of hydrogen-bond acceptors (Lipinski definition) is 3. The zero-order valence-electron chi connectivity index (χ0n) is 6.13. The number of nitrogens with zero attached hydrogens (tertiary/aromatic N) is 1. The normalized spacial score (nSPS) is 10.0. The Hall–Kier alpha value is -0.640. The number of hydrogen-bond donors (Lipinski definition) is 0. The number of halogens is 1. The van der Waals surface area contributed by atoms with Crippen molar-refractivity contribution in [2.24, 2.45) is 0 Å². The lowest BCUT2D eigenvalue weighted by molar-refractivity contribution is 0.112. The predicted molar refractivity (Wildman–Crippen MR) is 43.6 cm³/mol. The first-order chi connectivity index (χ1) is 5.29. The van der Waals surface area contributed by atoms with Crippen LogP contribution in [0.15, 0.2) is 9.13 Å². The van der Waals surface area contributed by atoms with Gasteiger partial charge in [0.1, 0.15) is 5.76 Å². The van der Waals surface area contributed by atoms with E-state index in [2.05, 4.69) is 21.1 Å². The van der Waals surface area contributed by atoms with Gasteiger partial charge in [0.15, 0.2) is 10.9 Å². The van der Waals surface area contributed by atoms with Crippen molar-refractivity contribution in [2.75, 3.05) is 0 Å². The van der Waals surface area contributed by atoms with E-state index in [1.165, 1.54) is 0 Å². The summed E-state index contributed by atoms with van der Waals surface area (Å²) in [5.74, 6) is 0.661. The van der Waals surface area contributed by atoms with Gasteiger partial charge in [-0.25, -0.2) is 0 Å². The van der Waals surface area contributed by atoms with Gasteiger partial charge < -0.3 is 4.52 Å². The van der Waals surface area contributed by atoms with Crippen molar-refractivity contribution in [1.82, 2.24) is 5.16 Å². The molecular formula is C7H8BrNO2. The van der Waals surface area contributed by atoms with Gasteiger partial charge in [0, 0.05) is 6.42 Å². The Bertz CT molecular complexity index is 257. The Morgan fingerprint density at radius 3 is 3.00 bits per heavy atom. The zero-order valence-corrected chi connectivity index (χ0v) is 7.72. The van der Waals surface area contributed by atoms with E-state index in [9.17, 15) is 4.79 Å². The second kappa shape index (κ2) is 3.67. The quantitative estimate of drug-likeness (QED) is 0.730. The monoisotopic (exact) mass is 217 g/mol. The Labute approximate surface area is 72.9 Å². The van der Waals surface area contributed by atoms with E-state index < -0.39 is 0 Å². The molecule has 0 aliphatic heterocycles. The van der Waals surface area contributed by atoms with Crippen LogP contribution in [-0.4, -0.2) is 11.4 Å².